The van der Waals surface area contributed by atoms with Crippen LogP contribution in [-0.4, -0.2) is 33.1 Å². The van der Waals surface area contributed by atoms with Crippen LogP contribution in [0.2, 0.25) is 5.02 Å². The van der Waals surface area contributed by atoms with Gasteiger partial charge in [-0.05, 0) is 49.4 Å². The number of halogens is 2. The Hall–Kier alpha value is -4.04. The minimum Gasteiger partial charge on any atom is -0.493 e. The molecule has 0 fully saturated rings. The summed E-state index contributed by atoms with van der Waals surface area (Å²) in [6.07, 6.45) is 1.25. The molecule has 35 heavy (non-hydrogen) atoms. The molecule has 4 rings (SSSR count). The van der Waals surface area contributed by atoms with Crippen LogP contribution in [0.1, 0.15) is 31.8 Å². The van der Waals surface area contributed by atoms with Crippen LogP contribution in [0, 0.1) is 12.7 Å². The molecule has 0 saturated heterocycles. The first kappa shape index (κ1) is 24.1. The number of benzene rings is 3. The third kappa shape index (κ3) is 4.40. The fraction of sp³-hybridized carbons (Fsp3) is 0.154. The minimum atomic E-state index is -0.689. The molecule has 9 heteroatoms. The number of esters is 1. The average Bonchev–Trinajstić information content (AvgIpc) is 3.17. The van der Waals surface area contributed by atoms with Crippen LogP contribution < -0.4 is 23.7 Å². The topological polar surface area (TPSA) is 80.3 Å². The van der Waals surface area contributed by atoms with Gasteiger partial charge < -0.3 is 23.7 Å². The van der Waals surface area contributed by atoms with Gasteiger partial charge in [-0.25, -0.2) is 9.18 Å². The van der Waals surface area contributed by atoms with Crippen molar-refractivity contribution >= 4 is 29.4 Å². The number of carbonyl (C=O) groups is 2. The highest BCUT2D eigenvalue weighted by molar-refractivity contribution is 6.32. The van der Waals surface area contributed by atoms with Crippen LogP contribution in [0.25, 0.3) is 6.08 Å². The summed E-state index contributed by atoms with van der Waals surface area (Å²) in [5, 5.41) is 0.140. The first-order valence-electron chi connectivity index (χ1n) is 10.3. The number of Topliss-reactive ketones (excluding diaryl/α,β-unsaturated/α-hetero) is 1. The molecule has 0 spiro atoms. The molecule has 0 aromatic heterocycles. The number of rotatable bonds is 6. The second-order valence-corrected chi connectivity index (χ2v) is 7.85. The molecular weight excluding hydrogens is 479 g/mol. The van der Waals surface area contributed by atoms with Gasteiger partial charge in [0.15, 0.2) is 17.3 Å². The molecule has 3 aromatic rings. The van der Waals surface area contributed by atoms with Crippen molar-refractivity contribution in [2.75, 3.05) is 21.3 Å². The first-order valence-corrected chi connectivity index (χ1v) is 10.7. The molecule has 7 nitrogen and oxygen atoms in total. The molecule has 0 N–H and O–H groups in total. The molecule has 1 aliphatic rings. The standard InChI is InChI=1S/C26H20ClFO7/c1-13-19(35-26(30)14-10-21(31-2)25(33-4)22(11-14)32-3)9-8-15-23(29)20(34-24(13)15)12-16-17(27)6-5-7-18(16)28/h5-12H,1-4H3/b20-12-. The van der Waals surface area contributed by atoms with Crippen LogP contribution in [0.5, 0.6) is 28.7 Å². The van der Waals surface area contributed by atoms with Gasteiger partial charge in [0.2, 0.25) is 11.5 Å². The van der Waals surface area contributed by atoms with E-state index in [0.29, 0.717) is 22.8 Å². The monoisotopic (exact) mass is 498 g/mol. The lowest BCUT2D eigenvalue weighted by Gasteiger charge is -2.14. The number of ether oxygens (including phenoxy) is 5. The second kappa shape index (κ2) is 9.68. The molecule has 3 aromatic carbocycles. The van der Waals surface area contributed by atoms with Crippen LogP contribution in [0.4, 0.5) is 4.39 Å². The van der Waals surface area contributed by atoms with Crippen molar-refractivity contribution in [1.82, 2.24) is 0 Å². The van der Waals surface area contributed by atoms with Crippen molar-refractivity contribution in [1.29, 1.82) is 0 Å². The van der Waals surface area contributed by atoms with Crippen molar-refractivity contribution in [3.05, 3.63) is 81.3 Å². The van der Waals surface area contributed by atoms with Gasteiger partial charge in [-0.3, -0.25) is 4.79 Å². The summed E-state index contributed by atoms with van der Waals surface area (Å²) < 4.78 is 41.3. The molecule has 180 valence electrons. The lowest BCUT2D eigenvalue weighted by Crippen LogP contribution is -2.10. The highest BCUT2D eigenvalue weighted by atomic mass is 35.5. The van der Waals surface area contributed by atoms with Gasteiger partial charge in [-0.1, -0.05) is 17.7 Å². The normalized spacial score (nSPS) is 13.3. The summed E-state index contributed by atoms with van der Waals surface area (Å²) in [6, 6.07) is 10.1. The van der Waals surface area contributed by atoms with Gasteiger partial charge in [0.05, 0.1) is 37.5 Å². The number of methoxy groups -OCH3 is 3. The molecule has 0 unspecified atom stereocenters. The SMILES string of the molecule is COc1cc(C(=O)Oc2ccc3c(c2C)O/C(=C\c2c(F)cccc2Cl)C3=O)cc(OC)c1OC. The molecule has 0 bridgehead atoms. The second-order valence-electron chi connectivity index (χ2n) is 7.44. The Balaban J connectivity index is 1.64. The lowest BCUT2D eigenvalue weighted by molar-refractivity contribution is 0.0732. The predicted molar refractivity (Wildman–Crippen MR) is 127 cm³/mol. The first-order chi connectivity index (χ1) is 16.8. The Morgan fingerprint density at radius 2 is 1.69 bits per heavy atom. The summed E-state index contributed by atoms with van der Waals surface area (Å²) >= 11 is 6.07. The highest BCUT2D eigenvalue weighted by Crippen LogP contribution is 2.41. The molecule has 0 amide bonds. The smallest absolute Gasteiger partial charge is 0.343 e. The number of carbonyl (C=O) groups excluding carboxylic acids is 2. The fourth-order valence-electron chi connectivity index (χ4n) is 3.62. The third-order valence-corrected chi connectivity index (χ3v) is 5.74. The van der Waals surface area contributed by atoms with E-state index in [4.69, 9.17) is 35.3 Å². The predicted octanol–water partition coefficient (Wildman–Crippen LogP) is 5.65. The number of hydrogen-bond acceptors (Lipinski definition) is 7. The van der Waals surface area contributed by atoms with Gasteiger partial charge >= 0.3 is 5.97 Å². The van der Waals surface area contributed by atoms with E-state index in [0.717, 1.165) is 0 Å². The van der Waals surface area contributed by atoms with Crippen molar-refractivity contribution < 1.29 is 37.7 Å². The molecular formula is C26H20ClFO7. The molecule has 1 heterocycles. The summed E-state index contributed by atoms with van der Waals surface area (Å²) in [4.78, 5) is 25.7. The van der Waals surface area contributed by atoms with Gasteiger partial charge in [-0.2, -0.15) is 0 Å². The van der Waals surface area contributed by atoms with Gasteiger partial charge in [0, 0.05) is 11.1 Å². The molecule has 0 radical (unpaired) electrons. The number of fused-ring (bicyclic) bond motifs is 1. The number of ketones is 1. The van der Waals surface area contributed by atoms with Crippen molar-refractivity contribution in [3.63, 3.8) is 0 Å². The van der Waals surface area contributed by atoms with Gasteiger partial charge in [-0.15, -0.1) is 0 Å². The fourth-order valence-corrected chi connectivity index (χ4v) is 3.83. The molecule has 1 aliphatic heterocycles. The van der Waals surface area contributed by atoms with E-state index in [9.17, 15) is 14.0 Å². The molecule has 0 saturated carbocycles. The van der Waals surface area contributed by atoms with E-state index in [1.54, 1.807) is 6.92 Å². The van der Waals surface area contributed by atoms with Crippen molar-refractivity contribution in [2.24, 2.45) is 0 Å². The van der Waals surface area contributed by atoms with Gasteiger partial charge in [0.25, 0.3) is 0 Å². The summed E-state index contributed by atoms with van der Waals surface area (Å²) in [7, 11) is 4.33. The largest absolute Gasteiger partial charge is 0.493 e. The zero-order valence-electron chi connectivity index (χ0n) is 19.2. The number of allylic oxidation sites excluding steroid dienone is 1. The summed E-state index contributed by atoms with van der Waals surface area (Å²) in [5.41, 5.74) is 0.872. The number of hydrogen-bond donors (Lipinski definition) is 0. The maximum atomic E-state index is 14.2. The third-order valence-electron chi connectivity index (χ3n) is 5.41. The Morgan fingerprint density at radius 3 is 2.29 bits per heavy atom. The zero-order chi connectivity index (χ0) is 25.3. The minimum absolute atomic E-state index is 0.0389. The maximum absolute atomic E-state index is 14.2. The maximum Gasteiger partial charge on any atom is 0.343 e. The van der Waals surface area contributed by atoms with Crippen molar-refractivity contribution in [2.45, 2.75) is 6.92 Å². The van der Waals surface area contributed by atoms with Crippen LogP contribution >= 0.6 is 11.6 Å². The van der Waals surface area contributed by atoms with E-state index in [1.807, 2.05) is 0 Å². The van der Waals surface area contributed by atoms with E-state index < -0.39 is 17.6 Å². The molecule has 0 aliphatic carbocycles. The van der Waals surface area contributed by atoms with E-state index in [-0.39, 0.29) is 39.0 Å². The Labute approximate surface area is 205 Å². The quantitative estimate of drug-likeness (QED) is 0.247. The Morgan fingerprint density at radius 1 is 1.00 bits per heavy atom. The van der Waals surface area contributed by atoms with Crippen molar-refractivity contribution in [3.8, 4) is 28.7 Å². The average molecular weight is 499 g/mol. The molecule has 0 atom stereocenters. The van der Waals surface area contributed by atoms with E-state index in [1.165, 1.54) is 69.9 Å². The lowest BCUT2D eigenvalue weighted by atomic mass is 10.1. The zero-order valence-corrected chi connectivity index (χ0v) is 20.0. The highest BCUT2D eigenvalue weighted by Gasteiger charge is 2.31. The van der Waals surface area contributed by atoms with E-state index >= 15 is 0 Å². The van der Waals surface area contributed by atoms with E-state index in [2.05, 4.69) is 0 Å². The van der Waals surface area contributed by atoms with Crippen LogP contribution in [-0.2, 0) is 0 Å². The van der Waals surface area contributed by atoms with Gasteiger partial charge in [0.1, 0.15) is 17.3 Å². The summed E-state index contributed by atoms with van der Waals surface area (Å²) in [6.45, 7) is 1.64. The Kier molecular flexibility index (Phi) is 6.66. The van der Waals surface area contributed by atoms with Crippen LogP contribution in [0.15, 0.2) is 48.2 Å². The summed E-state index contributed by atoms with van der Waals surface area (Å²) in [5.74, 6) is -0.501. The Bertz CT molecular complexity index is 1340. The van der Waals surface area contributed by atoms with Crippen LogP contribution in [0.3, 0.4) is 0 Å².